The minimum Gasteiger partial charge on any atom is -0.497 e. The molecule has 1 aromatic heterocycles. The van der Waals surface area contributed by atoms with E-state index in [4.69, 9.17) is 9.47 Å². The van der Waals surface area contributed by atoms with Crippen LogP contribution in [-0.2, 0) is 4.79 Å². The average molecular weight is 477 g/mol. The molecule has 0 saturated heterocycles. The Balaban J connectivity index is 1.60. The van der Waals surface area contributed by atoms with Gasteiger partial charge in [0.1, 0.15) is 22.8 Å². The second kappa shape index (κ2) is 9.73. The summed E-state index contributed by atoms with van der Waals surface area (Å²) in [4.78, 5) is 27.3. The zero-order valence-corrected chi connectivity index (χ0v) is 20.5. The van der Waals surface area contributed by atoms with Crippen LogP contribution >= 0.6 is 11.3 Å². The second-order valence-electron chi connectivity index (χ2n) is 8.89. The smallest absolute Gasteiger partial charge is 0.268 e. The van der Waals surface area contributed by atoms with Gasteiger partial charge in [0.25, 0.3) is 11.8 Å². The summed E-state index contributed by atoms with van der Waals surface area (Å²) in [6.45, 7) is 6.02. The molecule has 176 valence electrons. The molecule has 0 fully saturated rings. The zero-order valence-electron chi connectivity index (χ0n) is 19.7. The third-order valence-electron chi connectivity index (χ3n) is 5.60. The lowest BCUT2D eigenvalue weighted by atomic mass is 9.89. The van der Waals surface area contributed by atoms with Crippen LogP contribution in [0.4, 0.5) is 0 Å². The maximum absolute atomic E-state index is 13.5. The van der Waals surface area contributed by atoms with E-state index in [2.05, 4.69) is 10.6 Å². The highest BCUT2D eigenvalue weighted by atomic mass is 32.1. The van der Waals surface area contributed by atoms with Crippen molar-refractivity contribution in [2.45, 2.75) is 38.8 Å². The lowest BCUT2D eigenvalue weighted by Gasteiger charge is -2.38. The first-order valence-electron chi connectivity index (χ1n) is 11.0. The molecule has 2 N–H and O–H groups in total. The van der Waals surface area contributed by atoms with Crippen molar-refractivity contribution in [3.8, 4) is 11.5 Å². The van der Waals surface area contributed by atoms with Crippen LogP contribution in [0.2, 0.25) is 0 Å². The van der Waals surface area contributed by atoms with Gasteiger partial charge in [0, 0.05) is 22.4 Å². The van der Waals surface area contributed by atoms with Gasteiger partial charge in [-0.1, -0.05) is 23.8 Å². The Morgan fingerprint density at radius 3 is 2.59 bits per heavy atom. The Labute approximate surface area is 203 Å². The van der Waals surface area contributed by atoms with Gasteiger partial charge in [0.2, 0.25) is 0 Å². The van der Waals surface area contributed by atoms with Crippen molar-refractivity contribution < 1.29 is 19.1 Å². The first-order valence-corrected chi connectivity index (χ1v) is 11.9. The summed E-state index contributed by atoms with van der Waals surface area (Å²) >= 11 is 1.49. The summed E-state index contributed by atoms with van der Waals surface area (Å²) in [6.07, 6.45) is 2.30. The van der Waals surface area contributed by atoms with Crippen molar-refractivity contribution in [1.29, 1.82) is 0 Å². The van der Waals surface area contributed by atoms with E-state index in [1.807, 2.05) is 56.5 Å². The largest absolute Gasteiger partial charge is 0.497 e. The summed E-state index contributed by atoms with van der Waals surface area (Å²) in [5, 5.41) is 7.85. The molecule has 1 aliphatic heterocycles. The number of ether oxygens (including phenoxy) is 2. The van der Waals surface area contributed by atoms with Crippen LogP contribution in [0.3, 0.4) is 0 Å². The van der Waals surface area contributed by atoms with Gasteiger partial charge in [-0.15, -0.1) is 11.3 Å². The molecule has 2 aromatic carbocycles. The molecular weight excluding hydrogens is 448 g/mol. The van der Waals surface area contributed by atoms with Crippen molar-refractivity contribution in [1.82, 2.24) is 10.6 Å². The Kier molecular flexibility index (Phi) is 6.75. The molecule has 0 spiro atoms. The molecule has 7 heteroatoms. The SMILES string of the molecule is COc1ccc(C(=O)N/C(=C\c2cccs2)C(=O)N[C@H]2CC(C)(C)Oc3ccc(C)cc32)cc1. The maximum atomic E-state index is 13.5. The molecule has 1 aliphatic rings. The zero-order chi connectivity index (χ0) is 24.3. The quantitative estimate of drug-likeness (QED) is 0.476. The van der Waals surface area contributed by atoms with E-state index >= 15 is 0 Å². The van der Waals surface area contributed by atoms with Crippen LogP contribution in [-0.4, -0.2) is 24.5 Å². The van der Waals surface area contributed by atoms with Gasteiger partial charge in [-0.25, -0.2) is 0 Å². The fourth-order valence-corrected chi connectivity index (χ4v) is 4.61. The molecule has 34 heavy (non-hydrogen) atoms. The van der Waals surface area contributed by atoms with Gasteiger partial charge in [-0.3, -0.25) is 9.59 Å². The topological polar surface area (TPSA) is 76.7 Å². The molecule has 0 radical (unpaired) electrons. The number of methoxy groups -OCH3 is 1. The Morgan fingerprint density at radius 2 is 1.91 bits per heavy atom. The van der Waals surface area contributed by atoms with Crippen LogP contribution in [0.5, 0.6) is 11.5 Å². The van der Waals surface area contributed by atoms with Gasteiger partial charge in [-0.2, -0.15) is 0 Å². The van der Waals surface area contributed by atoms with E-state index in [1.165, 1.54) is 11.3 Å². The third kappa shape index (κ3) is 5.48. The van der Waals surface area contributed by atoms with Gasteiger partial charge in [0.15, 0.2) is 0 Å². The van der Waals surface area contributed by atoms with E-state index in [0.717, 1.165) is 21.8 Å². The van der Waals surface area contributed by atoms with Crippen LogP contribution in [0.15, 0.2) is 65.7 Å². The highest BCUT2D eigenvalue weighted by Crippen LogP contribution is 2.40. The van der Waals surface area contributed by atoms with Crippen LogP contribution in [0, 0.1) is 6.92 Å². The molecule has 6 nitrogen and oxygen atoms in total. The highest BCUT2D eigenvalue weighted by Gasteiger charge is 2.35. The number of amides is 2. The number of carbonyl (C=O) groups excluding carboxylic acids is 2. The third-order valence-corrected chi connectivity index (χ3v) is 6.42. The van der Waals surface area contributed by atoms with E-state index in [-0.39, 0.29) is 23.6 Å². The minimum atomic E-state index is -0.440. The summed E-state index contributed by atoms with van der Waals surface area (Å²) in [7, 11) is 1.57. The summed E-state index contributed by atoms with van der Waals surface area (Å²) in [5.41, 5.74) is 2.19. The number of benzene rings is 2. The van der Waals surface area contributed by atoms with E-state index in [0.29, 0.717) is 17.7 Å². The second-order valence-corrected chi connectivity index (χ2v) is 9.87. The number of nitrogens with one attached hydrogen (secondary N) is 2. The van der Waals surface area contributed by atoms with Crippen molar-refractivity contribution in [3.63, 3.8) is 0 Å². The number of aryl methyl sites for hydroxylation is 1. The molecule has 0 aliphatic carbocycles. The minimum absolute atomic E-state index is 0.182. The number of rotatable bonds is 6. The predicted molar refractivity (Wildman–Crippen MR) is 134 cm³/mol. The molecule has 0 saturated carbocycles. The Hall–Kier alpha value is -3.58. The van der Waals surface area contributed by atoms with Crippen molar-refractivity contribution in [3.05, 3.63) is 87.2 Å². The molecule has 0 unspecified atom stereocenters. The Morgan fingerprint density at radius 1 is 1.15 bits per heavy atom. The van der Waals surface area contributed by atoms with Crippen LogP contribution in [0.25, 0.3) is 6.08 Å². The normalized spacial score (nSPS) is 16.7. The fourth-order valence-electron chi connectivity index (χ4n) is 3.95. The number of hydrogen-bond acceptors (Lipinski definition) is 5. The first-order chi connectivity index (χ1) is 16.2. The lowest BCUT2D eigenvalue weighted by molar-refractivity contribution is -0.119. The number of fused-ring (bicyclic) bond motifs is 1. The van der Waals surface area contributed by atoms with Gasteiger partial charge in [0.05, 0.1) is 13.2 Å². The van der Waals surface area contributed by atoms with Crippen molar-refractivity contribution >= 4 is 29.2 Å². The van der Waals surface area contributed by atoms with E-state index in [1.54, 1.807) is 37.5 Å². The number of carbonyl (C=O) groups is 2. The van der Waals surface area contributed by atoms with Gasteiger partial charge < -0.3 is 20.1 Å². The van der Waals surface area contributed by atoms with Crippen LogP contribution < -0.4 is 20.1 Å². The van der Waals surface area contributed by atoms with Crippen molar-refractivity contribution in [2.24, 2.45) is 0 Å². The van der Waals surface area contributed by atoms with E-state index < -0.39 is 5.60 Å². The van der Waals surface area contributed by atoms with Crippen molar-refractivity contribution in [2.75, 3.05) is 7.11 Å². The summed E-state index contributed by atoms with van der Waals surface area (Å²) < 4.78 is 11.3. The molecule has 3 aromatic rings. The molecule has 2 heterocycles. The maximum Gasteiger partial charge on any atom is 0.268 e. The number of thiophene rings is 1. The lowest BCUT2D eigenvalue weighted by Crippen LogP contribution is -2.43. The molecule has 0 bridgehead atoms. The predicted octanol–water partition coefficient (Wildman–Crippen LogP) is 5.25. The first kappa shape index (κ1) is 23.6. The summed E-state index contributed by atoms with van der Waals surface area (Å²) in [6, 6.07) is 16.3. The molecular formula is C27H28N2O4S. The average Bonchev–Trinajstić information content (AvgIpc) is 3.32. The molecule has 4 rings (SSSR count). The summed E-state index contributed by atoms with van der Waals surface area (Å²) in [5.74, 6) is 0.688. The van der Waals surface area contributed by atoms with E-state index in [9.17, 15) is 9.59 Å². The van der Waals surface area contributed by atoms with Gasteiger partial charge in [-0.05, 0) is 68.6 Å². The number of hydrogen-bond donors (Lipinski definition) is 2. The van der Waals surface area contributed by atoms with Crippen LogP contribution in [0.1, 0.15) is 52.7 Å². The monoisotopic (exact) mass is 476 g/mol. The molecule has 2 amide bonds. The highest BCUT2D eigenvalue weighted by molar-refractivity contribution is 7.10. The molecule has 1 atom stereocenters. The van der Waals surface area contributed by atoms with Gasteiger partial charge >= 0.3 is 0 Å². The standard InChI is InChI=1S/C27H28N2O4S/c1-17-7-12-24-21(14-17)23(16-27(2,3)33-24)29-26(31)22(15-20-6-5-13-34-20)28-25(30)18-8-10-19(32-4)11-9-18/h5-15,23H,16H2,1-4H3,(H,28,30)(H,29,31)/b22-15-/t23-/m0/s1. The Bertz CT molecular complexity index is 1210. The fraction of sp³-hybridized carbons (Fsp3) is 0.259.